The molecule has 0 bridgehead atoms. The molecule has 0 radical (unpaired) electrons. The number of aliphatic imine (C=N–C) groups is 1. The Labute approximate surface area is 249 Å². The van der Waals surface area contributed by atoms with Crippen LogP contribution in [0.3, 0.4) is 0 Å². The first-order valence-corrected chi connectivity index (χ1v) is 15.5. The minimum absolute atomic E-state index is 0.163. The van der Waals surface area contributed by atoms with E-state index in [9.17, 15) is 0 Å². The fourth-order valence-electron chi connectivity index (χ4n) is 5.18. The van der Waals surface area contributed by atoms with E-state index in [1.807, 2.05) is 23.6 Å². The number of rotatable bonds is 14. The van der Waals surface area contributed by atoms with Crippen LogP contribution < -0.4 is 0 Å². The maximum Gasteiger partial charge on any atom is 0.259 e. The van der Waals surface area contributed by atoms with Crippen molar-refractivity contribution in [2.75, 3.05) is 67.2 Å². The Morgan fingerprint density at radius 3 is 2.55 bits per heavy atom. The third-order valence-corrected chi connectivity index (χ3v) is 9.12. The lowest BCUT2D eigenvalue weighted by atomic mass is 10.1. The van der Waals surface area contributed by atoms with Gasteiger partial charge in [0.05, 0.1) is 25.9 Å². The zero-order valence-corrected chi connectivity index (χ0v) is 26.6. The van der Waals surface area contributed by atoms with Crippen molar-refractivity contribution in [2.45, 2.75) is 64.3 Å². The molecule has 2 saturated heterocycles. The predicted octanol–water partition coefficient (Wildman–Crippen LogP) is 2.96. The second kappa shape index (κ2) is 15.4. The fraction of sp³-hybridized carbons (Fsp3) is 0.741. The zero-order valence-electron chi connectivity index (χ0n) is 25.7. The molecule has 0 saturated carbocycles. The molecule has 2 fully saturated rings. The lowest BCUT2D eigenvalue weighted by molar-refractivity contribution is -0.0603. The average Bonchev–Trinajstić information content (AvgIpc) is 3.53. The number of nitrogens with zero attached hydrogens (tertiary/aromatic N) is 9. The first-order chi connectivity index (χ1) is 20.2. The summed E-state index contributed by atoms with van der Waals surface area (Å²) >= 11 is 0. The summed E-state index contributed by atoms with van der Waals surface area (Å²) in [6.07, 6.45) is 3.00. The second-order valence-corrected chi connectivity index (χ2v) is 12.4. The van der Waals surface area contributed by atoms with Gasteiger partial charge in [0.1, 0.15) is 31.2 Å². The summed E-state index contributed by atoms with van der Waals surface area (Å²) in [6, 6.07) is 0.326. The maximum absolute atomic E-state index is 7.23. The van der Waals surface area contributed by atoms with Crippen LogP contribution in [0.1, 0.15) is 33.9 Å². The van der Waals surface area contributed by atoms with E-state index in [1.165, 1.54) is 6.33 Å². The number of imidazole rings is 1. The average molecular weight is 606 g/mol. The molecule has 0 spiro atoms. The van der Waals surface area contributed by atoms with Gasteiger partial charge in [-0.05, 0) is 27.7 Å². The summed E-state index contributed by atoms with van der Waals surface area (Å²) in [4.78, 5) is 25.6. The molecule has 4 rings (SSSR count). The van der Waals surface area contributed by atoms with E-state index in [2.05, 4.69) is 62.1 Å². The van der Waals surface area contributed by atoms with E-state index < -0.39 is 27.0 Å². The molecule has 42 heavy (non-hydrogen) atoms. The maximum atomic E-state index is 7.23. The first kappa shape index (κ1) is 32.6. The van der Waals surface area contributed by atoms with Crippen molar-refractivity contribution in [3.05, 3.63) is 24.1 Å². The van der Waals surface area contributed by atoms with Gasteiger partial charge in [0.15, 0.2) is 23.2 Å². The number of fused-ring (bicyclic) bond motifs is 1. The monoisotopic (exact) mass is 605 g/mol. The van der Waals surface area contributed by atoms with E-state index in [-0.39, 0.29) is 31.3 Å². The molecule has 0 N–H and O–H groups in total. The highest BCUT2D eigenvalue weighted by Gasteiger charge is 2.50. The van der Waals surface area contributed by atoms with Crippen LogP contribution in [0, 0.1) is 6.57 Å². The van der Waals surface area contributed by atoms with Crippen LogP contribution >= 0.6 is 8.53 Å². The van der Waals surface area contributed by atoms with Crippen molar-refractivity contribution in [3.8, 4) is 0 Å². The van der Waals surface area contributed by atoms with Gasteiger partial charge in [-0.15, -0.1) is 0 Å². The van der Waals surface area contributed by atoms with Crippen LogP contribution in [0.5, 0.6) is 0 Å². The Morgan fingerprint density at radius 1 is 1.17 bits per heavy atom. The lowest BCUT2D eigenvalue weighted by Crippen LogP contribution is -2.46. The van der Waals surface area contributed by atoms with Crippen LogP contribution in [0.4, 0.5) is 5.82 Å². The molecule has 14 nitrogen and oxygen atoms in total. The summed E-state index contributed by atoms with van der Waals surface area (Å²) in [5.41, 5.74) is 1.16. The van der Waals surface area contributed by atoms with Crippen molar-refractivity contribution < 1.29 is 23.3 Å². The predicted molar refractivity (Wildman–Crippen MR) is 160 cm³/mol. The SMILES string of the molecule is [C-]#[N+]CCOP(OC1[C@@H](CN2CCOCC2)O[C@@H](n2cnc3c(N=CN(C)C)ncnc32)[C@H]1OC)N(C(C)C)C(C)C. The Bertz CT molecular complexity index is 1190. The van der Waals surface area contributed by atoms with Crippen molar-refractivity contribution >= 4 is 31.8 Å². The standard InChI is InChI=1S/C27H44N9O5P/c1-19(2)36(20(3)4)42(39-12-9-28-5)41-23-21(15-34-10-13-38-14-11-34)40-27(24(23)37-8)35-18-31-22-25(32-17-33(6)7)29-16-30-26(22)35/h16-21,23-24,27H,9-15H2,1-4,6-8H3/t21-,23?,24+,27-,42?/m1/s1. The highest BCUT2D eigenvalue weighted by atomic mass is 31.2. The van der Waals surface area contributed by atoms with Gasteiger partial charge in [0, 0.05) is 52.9 Å². The first-order valence-electron chi connectivity index (χ1n) is 14.3. The number of morpholine rings is 1. The normalized spacial score (nSPS) is 24.4. The van der Waals surface area contributed by atoms with Crippen LogP contribution in [0.2, 0.25) is 0 Å². The molecular weight excluding hydrogens is 561 g/mol. The number of hydrogen-bond donors (Lipinski definition) is 0. The van der Waals surface area contributed by atoms with Gasteiger partial charge in [-0.25, -0.2) is 31.2 Å². The third-order valence-electron chi connectivity index (χ3n) is 6.99. The molecule has 2 aliphatic rings. The van der Waals surface area contributed by atoms with Crippen LogP contribution in [-0.2, 0) is 23.3 Å². The number of hydrogen-bond acceptors (Lipinski definition) is 11. The highest BCUT2D eigenvalue weighted by Crippen LogP contribution is 2.50. The number of methoxy groups -OCH3 is 1. The van der Waals surface area contributed by atoms with Crippen molar-refractivity contribution in [1.82, 2.24) is 34.0 Å². The van der Waals surface area contributed by atoms with Crippen molar-refractivity contribution in [1.29, 1.82) is 0 Å². The molecular formula is C27H44N9O5P. The Balaban J connectivity index is 1.69. The topological polar surface area (TPSA) is 116 Å². The Kier molecular flexibility index (Phi) is 11.9. The summed E-state index contributed by atoms with van der Waals surface area (Å²) in [5.74, 6) is 0.471. The summed E-state index contributed by atoms with van der Waals surface area (Å²) in [6.45, 7) is 19.9. The molecule has 232 valence electrons. The second-order valence-electron chi connectivity index (χ2n) is 11.0. The molecule has 5 atom stereocenters. The third kappa shape index (κ3) is 7.78. The molecule has 15 heteroatoms. The smallest absolute Gasteiger partial charge is 0.259 e. The van der Waals surface area contributed by atoms with Crippen molar-refractivity contribution in [3.63, 3.8) is 0 Å². The largest absolute Gasteiger partial charge is 0.379 e. The fourth-order valence-corrected chi connectivity index (χ4v) is 6.94. The van der Waals surface area contributed by atoms with Gasteiger partial charge in [0.2, 0.25) is 6.54 Å². The van der Waals surface area contributed by atoms with E-state index >= 15 is 0 Å². The Hall–Kier alpha value is -2.34. The molecule has 2 aromatic rings. The van der Waals surface area contributed by atoms with Crippen molar-refractivity contribution in [2.24, 2.45) is 4.99 Å². The van der Waals surface area contributed by atoms with Gasteiger partial charge < -0.3 is 33.0 Å². The van der Waals surface area contributed by atoms with Gasteiger partial charge in [-0.3, -0.25) is 9.47 Å². The summed E-state index contributed by atoms with van der Waals surface area (Å²) in [5, 5.41) is 0. The minimum atomic E-state index is -1.52. The van der Waals surface area contributed by atoms with E-state index in [0.717, 1.165) is 13.1 Å². The lowest BCUT2D eigenvalue weighted by Gasteiger charge is -2.38. The quantitative estimate of drug-likeness (QED) is 0.104. The summed E-state index contributed by atoms with van der Waals surface area (Å²) in [7, 11) is 3.93. The van der Waals surface area contributed by atoms with Gasteiger partial charge in [-0.1, -0.05) is 0 Å². The highest BCUT2D eigenvalue weighted by molar-refractivity contribution is 7.44. The zero-order chi connectivity index (χ0) is 30.2. The van der Waals surface area contributed by atoms with E-state index in [1.54, 1.807) is 19.8 Å². The molecule has 2 aromatic heterocycles. The molecule has 4 heterocycles. The van der Waals surface area contributed by atoms with Crippen LogP contribution in [-0.4, -0.2) is 138 Å². The molecule has 0 amide bonds. The molecule has 2 unspecified atom stereocenters. The molecule has 0 aliphatic carbocycles. The number of aromatic nitrogens is 4. The minimum Gasteiger partial charge on any atom is -0.379 e. The van der Waals surface area contributed by atoms with Crippen LogP contribution in [0.25, 0.3) is 16.0 Å². The van der Waals surface area contributed by atoms with Gasteiger partial charge in [0.25, 0.3) is 8.53 Å². The van der Waals surface area contributed by atoms with Gasteiger partial charge >= 0.3 is 0 Å². The number of ether oxygens (including phenoxy) is 3. The summed E-state index contributed by atoms with van der Waals surface area (Å²) < 4.78 is 35.7. The molecule has 0 aromatic carbocycles. The van der Waals surface area contributed by atoms with Crippen LogP contribution in [0.15, 0.2) is 17.6 Å². The van der Waals surface area contributed by atoms with E-state index in [0.29, 0.717) is 36.7 Å². The Morgan fingerprint density at radius 2 is 1.90 bits per heavy atom. The van der Waals surface area contributed by atoms with Gasteiger partial charge in [-0.2, -0.15) is 0 Å². The van der Waals surface area contributed by atoms with E-state index in [4.69, 9.17) is 29.8 Å². The molecule has 2 aliphatic heterocycles.